The molecule has 3 rings (SSSR count). The molecule has 1 N–H and O–H groups in total. The Hall–Kier alpha value is -3.05. The van der Waals surface area contributed by atoms with E-state index < -0.39 is 5.91 Å². The summed E-state index contributed by atoms with van der Waals surface area (Å²) in [6.07, 6.45) is 1.52. The van der Waals surface area contributed by atoms with E-state index in [0.717, 1.165) is 16.0 Å². The number of anilines is 1. The number of hydrogen-bond acceptors (Lipinski definition) is 4. The van der Waals surface area contributed by atoms with Crippen LogP contribution in [-0.2, 0) is 9.59 Å². The van der Waals surface area contributed by atoms with Gasteiger partial charge in [-0.3, -0.25) is 14.5 Å². The molecule has 0 aliphatic carbocycles. The monoisotopic (exact) mass is 396 g/mol. The average molecular weight is 397 g/mol. The molecular weight excluding hydrogens is 376 g/mol. The standard InChI is InChI=1S/C22H21ClN2O3/c1-5-10-25-21(26)19(15-7-6-13(2)14(3)11-15)20(22(25)27)24-17-12-16(23)8-9-18(17)28-4/h5-9,11-12,24H,1,10H2,2-4H3. The van der Waals surface area contributed by atoms with Gasteiger partial charge in [0.2, 0.25) is 0 Å². The first-order valence-electron chi connectivity index (χ1n) is 8.77. The minimum absolute atomic E-state index is 0.129. The van der Waals surface area contributed by atoms with E-state index in [9.17, 15) is 9.59 Å². The summed E-state index contributed by atoms with van der Waals surface area (Å²) >= 11 is 6.11. The first-order valence-corrected chi connectivity index (χ1v) is 9.14. The molecule has 0 bridgehead atoms. The molecule has 0 radical (unpaired) electrons. The molecule has 0 spiro atoms. The van der Waals surface area contributed by atoms with Gasteiger partial charge in [-0.1, -0.05) is 35.9 Å². The van der Waals surface area contributed by atoms with Crippen molar-refractivity contribution in [2.75, 3.05) is 19.0 Å². The first-order chi connectivity index (χ1) is 13.4. The van der Waals surface area contributed by atoms with Crippen LogP contribution in [0.2, 0.25) is 5.02 Å². The maximum absolute atomic E-state index is 13.0. The van der Waals surface area contributed by atoms with E-state index in [-0.39, 0.29) is 18.1 Å². The number of aryl methyl sites for hydroxylation is 2. The Balaban J connectivity index is 2.16. The summed E-state index contributed by atoms with van der Waals surface area (Å²) < 4.78 is 5.35. The van der Waals surface area contributed by atoms with Gasteiger partial charge in [0.05, 0.1) is 18.4 Å². The highest BCUT2D eigenvalue weighted by molar-refractivity contribution is 6.36. The average Bonchev–Trinajstić information content (AvgIpc) is 2.89. The van der Waals surface area contributed by atoms with Crippen molar-refractivity contribution in [3.63, 3.8) is 0 Å². The highest BCUT2D eigenvalue weighted by Gasteiger charge is 2.38. The number of imide groups is 1. The van der Waals surface area contributed by atoms with E-state index in [1.165, 1.54) is 13.2 Å². The van der Waals surface area contributed by atoms with E-state index in [2.05, 4.69) is 11.9 Å². The molecule has 6 heteroatoms. The van der Waals surface area contributed by atoms with Crippen LogP contribution in [0.25, 0.3) is 5.57 Å². The van der Waals surface area contributed by atoms with E-state index in [1.54, 1.807) is 18.2 Å². The minimum Gasteiger partial charge on any atom is -0.495 e. The summed E-state index contributed by atoms with van der Waals surface area (Å²) in [5.41, 5.74) is 3.83. The van der Waals surface area contributed by atoms with E-state index in [0.29, 0.717) is 27.6 Å². The number of nitrogens with one attached hydrogen (secondary N) is 1. The molecule has 1 aliphatic rings. The second kappa shape index (κ2) is 7.90. The van der Waals surface area contributed by atoms with Crippen molar-refractivity contribution in [3.8, 4) is 5.75 Å². The van der Waals surface area contributed by atoms with Crippen molar-refractivity contribution in [1.29, 1.82) is 0 Å². The quantitative estimate of drug-likeness (QED) is 0.582. The third-order valence-electron chi connectivity index (χ3n) is 4.70. The zero-order valence-electron chi connectivity index (χ0n) is 16.0. The molecule has 0 aromatic heterocycles. The van der Waals surface area contributed by atoms with Crippen LogP contribution in [0.4, 0.5) is 5.69 Å². The Kier molecular flexibility index (Phi) is 5.56. The second-order valence-electron chi connectivity index (χ2n) is 6.53. The van der Waals surface area contributed by atoms with Gasteiger partial charge in [-0.2, -0.15) is 0 Å². The number of halogens is 1. The van der Waals surface area contributed by atoms with E-state index in [4.69, 9.17) is 16.3 Å². The van der Waals surface area contributed by atoms with Crippen molar-refractivity contribution >= 4 is 34.7 Å². The first kappa shape index (κ1) is 19.7. The Bertz CT molecular complexity index is 1010. The lowest BCUT2D eigenvalue weighted by atomic mass is 9.99. The van der Waals surface area contributed by atoms with Crippen molar-refractivity contribution in [3.05, 3.63) is 76.5 Å². The normalized spacial score (nSPS) is 13.9. The van der Waals surface area contributed by atoms with Crippen LogP contribution in [0.3, 0.4) is 0 Å². The van der Waals surface area contributed by atoms with Gasteiger partial charge in [-0.15, -0.1) is 6.58 Å². The molecule has 1 heterocycles. The highest BCUT2D eigenvalue weighted by Crippen LogP contribution is 2.35. The van der Waals surface area contributed by atoms with E-state index in [1.807, 2.05) is 32.0 Å². The van der Waals surface area contributed by atoms with Gasteiger partial charge >= 0.3 is 0 Å². The zero-order valence-corrected chi connectivity index (χ0v) is 16.8. The number of benzene rings is 2. The van der Waals surface area contributed by atoms with Crippen molar-refractivity contribution in [2.45, 2.75) is 13.8 Å². The van der Waals surface area contributed by atoms with Crippen molar-refractivity contribution in [2.24, 2.45) is 0 Å². The molecule has 144 valence electrons. The highest BCUT2D eigenvalue weighted by atomic mass is 35.5. The Morgan fingerprint density at radius 3 is 2.50 bits per heavy atom. The Labute approximate surface area is 169 Å². The zero-order chi connectivity index (χ0) is 20.4. The third kappa shape index (κ3) is 3.53. The van der Waals surface area contributed by atoms with E-state index >= 15 is 0 Å². The summed E-state index contributed by atoms with van der Waals surface area (Å²) in [6.45, 7) is 7.73. The SMILES string of the molecule is C=CCN1C(=O)C(Nc2cc(Cl)ccc2OC)=C(c2ccc(C)c(C)c2)C1=O. The fourth-order valence-electron chi connectivity index (χ4n) is 3.06. The van der Waals surface area contributed by atoms with Crippen molar-refractivity contribution < 1.29 is 14.3 Å². The predicted molar refractivity (Wildman–Crippen MR) is 111 cm³/mol. The molecular formula is C22H21ClN2O3. The van der Waals surface area contributed by atoms with Gasteiger partial charge in [0.25, 0.3) is 11.8 Å². The lowest BCUT2D eigenvalue weighted by Crippen LogP contribution is -2.32. The molecule has 2 aromatic carbocycles. The molecule has 0 unspecified atom stereocenters. The summed E-state index contributed by atoms with van der Waals surface area (Å²) in [5.74, 6) is -0.268. The largest absolute Gasteiger partial charge is 0.495 e. The fourth-order valence-corrected chi connectivity index (χ4v) is 3.24. The molecule has 0 saturated carbocycles. The summed E-state index contributed by atoms with van der Waals surface area (Å²) in [5, 5.41) is 3.56. The number of amides is 2. The van der Waals surface area contributed by atoms with Crippen molar-refractivity contribution in [1.82, 2.24) is 4.90 Å². The molecule has 0 atom stereocenters. The van der Waals surface area contributed by atoms with Gasteiger partial charge in [0.1, 0.15) is 11.4 Å². The number of rotatable bonds is 6. The van der Waals surface area contributed by atoms with Crippen LogP contribution in [0, 0.1) is 13.8 Å². The molecule has 2 aromatic rings. The number of ether oxygens (including phenoxy) is 1. The van der Waals surface area contributed by atoms with Crippen LogP contribution >= 0.6 is 11.6 Å². The number of methoxy groups -OCH3 is 1. The number of carbonyl (C=O) groups excluding carboxylic acids is 2. The molecule has 0 saturated heterocycles. The summed E-state index contributed by atoms with van der Waals surface area (Å²) in [6, 6.07) is 10.7. The maximum Gasteiger partial charge on any atom is 0.278 e. The van der Waals surface area contributed by atoms with Gasteiger partial charge in [-0.05, 0) is 48.7 Å². The Morgan fingerprint density at radius 2 is 1.86 bits per heavy atom. The van der Waals surface area contributed by atoms with Crippen LogP contribution < -0.4 is 10.1 Å². The van der Waals surface area contributed by atoms with Gasteiger partial charge < -0.3 is 10.1 Å². The summed E-state index contributed by atoms with van der Waals surface area (Å²) in [4.78, 5) is 27.2. The second-order valence-corrected chi connectivity index (χ2v) is 6.96. The van der Waals surface area contributed by atoms with Gasteiger partial charge in [-0.25, -0.2) is 0 Å². The third-order valence-corrected chi connectivity index (χ3v) is 4.93. The number of carbonyl (C=O) groups is 2. The number of nitrogens with zero attached hydrogens (tertiary/aromatic N) is 1. The topological polar surface area (TPSA) is 58.6 Å². The number of hydrogen-bond donors (Lipinski definition) is 1. The van der Waals surface area contributed by atoms with Gasteiger partial charge in [0.15, 0.2) is 0 Å². The molecule has 5 nitrogen and oxygen atoms in total. The predicted octanol–water partition coefficient (Wildman–Crippen LogP) is 4.34. The Morgan fingerprint density at radius 1 is 1.11 bits per heavy atom. The lowest BCUT2D eigenvalue weighted by molar-refractivity contribution is -0.136. The summed E-state index contributed by atoms with van der Waals surface area (Å²) in [7, 11) is 1.53. The van der Waals surface area contributed by atoms with Crippen LogP contribution in [0.1, 0.15) is 16.7 Å². The molecule has 28 heavy (non-hydrogen) atoms. The molecule has 1 aliphatic heterocycles. The fraction of sp³-hybridized carbons (Fsp3) is 0.182. The maximum atomic E-state index is 13.0. The smallest absolute Gasteiger partial charge is 0.278 e. The van der Waals surface area contributed by atoms with Crippen LogP contribution in [0.5, 0.6) is 5.75 Å². The van der Waals surface area contributed by atoms with Crippen LogP contribution in [0.15, 0.2) is 54.8 Å². The van der Waals surface area contributed by atoms with Gasteiger partial charge in [0, 0.05) is 11.6 Å². The van der Waals surface area contributed by atoms with Crippen LogP contribution in [-0.4, -0.2) is 30.4 Å². The molecule has 0 fully saturated rings. The lowest BCUT2D eigenvalue weighted by Gasteiger charge is -2.14. The molecule has 2 amide bonds. The minimum atomic E-state index is -0.417.